The highest BCUT2D eigenvalue weighted by Gasteiger charge is 2.09. The quantitative estimate of drug-likeness (QED) is 0.824. The SMILES string of the molecule is Cc1csc(Cn2cnnc2SCC(=O)O)n1. The van der Waals surface area contributed by atoms with Gasteiger partial charge in [0.25, 0.3) is 0 Å². The van der Waals surface area contributed by atoms with E-state index in [1.807, 2.05) is 12.3 Å². The Kier molecular flexibility index (Phi) is 3.75. The van der Waals surface area contributed by atoms with Gasteiger partial charge >= 0.3 is 5.97 Å². The van der Waals surface area contributed by atoms with Gasteiger partial charge in [-0.3, -0.25) is 4.79 Å². The van der Waals surface area contributed by atoms with Crippen molar-refractivity contribution in [1.82, 2.24) is 19.7 Å². The average Bonchev–Trinajstić information content (AvgIpc) is 2.86. The first kappa shape index (κ1) is 12.1. The molecule has 0 amide bonds. The van der Waals surface area contributed by atoms with E-state index in [4.69, 9.17) is 5.11 Å². The zero-order valence-corrected chi connectivity index (χ0v) is 10.7. The molecule has 17 heavy (non-hydrogen) atoms. The molecule has 0 spiro atoms. The molecule has 0 saturated heterocycles. The van der Waals surface area contributed by atoms with Crippen LogP contribution in [0.25, 0.3) is 0 Å². The van der Waals surface area contributed by atoms with Crippen LogP contribution in [0.2, 0.25) is 0 Å². The van der Waals surface area contributed by atoms with Crippen LogP contribution in [-0.2, 0) is 11.3 Å². The maximum Gasteiger partial charge on any atom is 0.313 e. The van der Waals surface area contributed by atoms with Crippen LogP contribution in [0.3, 0.4) is 0 Å². The normalized spacial score (nSPS) is 10.6. The standard InChI is InChI=1S/C9H10N4O2S2/c1-6-3-16-7(11-6)2-13-5-10-12-9(13)17-4-8(14)15/h3,5H,2,4H2,1H3,(H,14,15). The summed E-state index contributed by atoms with van der Waals surface area (Å²) < 4.78 is 1.80. The van der Waals surface area contributed by atoms with Crippen molar-refractivity contribution < 1.29 is 9.90 Å². The zero-order chi connectivity index (χ0) is 12.3. The Balaban J connectivity index is 2.06. The van der Waals surface area contributed by atoms with Crippen molar-refractivity contribution in [3.63, 3.8) is 0 Å². The largest absolute Gasteiger partial charge is 0.481 e. The van der Waals surface area contributed by atoms with E-state index in [1.54, 1.807) is 22.2 Å². The Labute approximate surface area is 106 Å². The molecule has 2 aromatic rings. The summed E-state index contributed by atoms with van der Waals surface area (Å²) in [5.74, 6) is -0.884. The number of aryl methyl sites for hydroxylation is 1. The predicted molar refractivity (Wildman–Crippen MR) is 64.3 cm³/mol. The molecular formula is C9H10N4O2S2. The maximum atomic E-state index is 10.5. The second-order valence-corrected chi connectivity index (χ2v) is 5.19. The lowest BCUT2D eigenvalue weighted by molar-refractivity contribution is -0.133. The Morgan fingerprint density at radius 3 is 3.12 bits per heavy atom. The molecule has 0 aliphatic heterocycles. The highest BCUT2D eigenvalue weighted by molar-refractivity contribution is 7.99. The van der Waals surface area contributed by atoms with Gasteiger partial charge in [0.15, 0.2) is 5.16 Å². The smallest absolute Gasteiger partial charge is 0.313 e. The van der Waals surface area contributed by atoms with Crippen LogP contribution in [0.4, 0.5) is 0 Å². The van der Waals surface area contributed by atoms with E-state index < -0.39 is 5.97 Å². The summed E-state index contributed by atoms with van der Waals surface area (Å²) in [5.41, 5.74) is 0.984. The second-order valence-electron chi connectivity index (χ2n) is 3.31. The zero-order valence-electron chi connectivity index (χ0n) is 9.03. The summed E-state index contributed by atoms with van der Waals surface area (Å²) in [6.45, 7) is 2.51. The molecule has 0 aliphatic rings. The third-order valence-electron chi connectivity index (χ3n) is 1.88. The van der Waals surface area contributed by atoms with Crippen LogP contribution in [0.1, 0.15) is 10.7 Å². The van der Waals surface area contributed by atoms with Gasteiger partial charge in [0.1, 0.15) is 11.3 Å². The number of carbonyl (C=O) groups is 1. The number of aliphatic carboxylic acids is 1. The van der Waals surface area contributed by atoms with E-state index in [0.717, 1.165) is 22.5 Å². The molecule has 0 aromatic carbocycles. The van der Waals surface area contributed by atoms with Gasteiger partial charge in [-0.2, -0.15) is 0 Å². The molecule has 2 heterocycles. The number of hydrogen-bond acceptors (Lipinski definition) is 6. The lowest BCUT2D eigenvalue weighted by Gasteiger charge is -2.02. The van der Waals surface area contributed by atoms with Gasteiger partial charge in [0.05, 0.1) is 12.3 Å². The molecule has 90 valence electrons. The van der Waals surface area contributed by atoms with Crippen molar-refractivity contribution in [2.24, 2.45) is 0 Å². The van der Waals surface area contributed by atoms with Crippen molar-refractivity contribution in [2.75, 3.05) is 5.75 Å². The molecule has 0 saturated carbocycles. The highest BCUT2D eigenvalue weighted by atomic mass is 32.2. The third-order valence-corrected chi connectivity index (χ3v) is 3.79. The van der Waals surface area contributed by atoms with E-state index in [0.29, 0.717) is 11.7 Å². The molecule has 0 bridgehead atoms. The lowest BCUT2D eigenvalue weighted by atomic mass is 10.6. The lowest BCUT2D eigenvalue weighted by Crippen LogP contribution is -2.03. The van der Waals surface area contributed by atoms with Gasteiger partial charge in [-0.15, -0.1) is 21.5 Å². The molecule has 1 N–H and O–H groups in total. The number of thiazole rings is 1. The van der Waals surface area contributed by atoms with Gasteiger partial charge in [0, 0.05) is 11.1 Å². The summed E-state index contributed by atoms with van der Waals surface area (Å²) in [4.78, 5) is 14.8. The van der Waals surface area contributed by atoms with Crippen molar-refractivity contribution in [1.29, 1.82) is 0 Å². The number of carboxylic acid groups (broad SMARTS) is 1. The highest BCUT2D eigenvalue weighted by Crippen LogP contribution is 2.17. The fourth-order valence-electron chi connectivity index (χ4n) is 1.21. The first-order valence-corrected chi connectivity index (χ1v) is 6.65. The van der Waals surface area contributed by atoms with Crippen LogP contribution in [-0.4, -0.2) is 36.6 Å². The molecule has 2 aromatic heterocycles. The molecule has 2 rings (SSSR count). The van der Waals surface area contributed by atoms with Crippen LogP contribution in [0.5, 0.6) is 0 Å². The molecule has 0 radical (unpaired) electrons. The van der Waals surface area contributed by atoms with E-state index in [9.17, 15) is 4.79 Å². The minimum atomic E-state index is -0.866. The van der Waals surface area contributed by atoms with Crippen LogP contribution >= 0.6 is 23.1 Å². The molecular weight excluding hydrogens is 260 g/mol. The first-order valence-electron chi connectivity index (χ1n) is 4.78. The summed E-state index contributed by atoms with van der Waals surface area (Å²) in [7, 11) is 0. The Bertz CT molecular complexity index is 523. The van der Waals surface area contributed by atoms with Gasteiger partial charge < -0.3 is 9.67 Å². The molecule has 0 aliphatic carbocycles. The summed E-state index contributed by atoms with van der Waals surface area (Å²) >= 11 is 2.72. The topological polar surface area (TPSA) is 80.9 Å². The number of carboxylic acids is 1. The van der Waals surface area contributed by atoms with E-state index in [-0.39, 0.29) is 5.75 Å². The molecule has 6 nitrogen and oxygen atoms in total. The van der Waals surface area contributed by atoms with Crippen molar-refractivity contribution >= 4 is 29.1 Å². The van der Waals surface area contributed by atoms with Crippen molar-refractivity contribution in [3.05, 3.63) is 22.4 Å². The van der Waals surface area contributed by atoms with Crippen LogP contribution in [0.15, 0.2) is 16.9 Å². The number of aromatic nitrogens is 4. The maximum absolute atomic E-state index is 10.5. The van der Waals surface area contributed by atoms with Gasteiger partial charge in [-0.1, -0.05) is 11.8 Å². The first-order chi connectivity index (χ1) is 8.15. The van der Waals surface area contributed by atoms with Gasteiger partial charge in [-0.25, -0.2) is 4.98 Å². The number of thioether (sulfide) groups is 1. The van der Waals surface area contributed by atoms with Crippen LogP contribution < -0.4 is 0 Å². The third kappa shape index (κ3) is 3.27. The fourth-order valence-corrected chi connectivity index (χ4v) is 2.62. The monoisotopic (exact) mass is 270 g/mol. The summed E-state index contributed by atoms with van der Waals surface area (Å²) in [6.07, 6.45) is 1.58. The molecule has 0 atom stereocenters. The fraction of sp³-hybridized carbons (Fsp3) is 0.333. The average molecular weight is 270 g/mol. The van der Waals surface area contributed by atoms with E-state index >= 15 is 0 Å². The van der Waals surface area contributed by atoms with Crippen molar-refractivity contribution in [3.8, 4) is 0 Å². The summed E-state index contributed by atoms with van der Waals surface area (Å²) in [6, 6.07) is 0. The molecule has 0 fully saturated rings. The minimum absolute atomic E-state index is 0.0183. The predicted octanol–water partition coefficient (Wildman–Crippen LogP) is 1.27. The van der Waals surface area contributed by atoms with Crippen molar-refractivity contribution in [2.45, 2.75) is 18.6 Å². The number of hydrogen-bond donors (Lipinski definition) is 1. The number of rotatable bonds is 5. The van der Waals surface area contributed by atoms with E-state index in [1.165, 1.54) is 0 Å². The molecule has 0 unspecified atom stereocenters. The number of nitrogens with zero attached hydrogens (tertiary/aromatic N) is 4. The Hall–Kier alpha value is -1.41. The van der Waals surface area contributed by atoms with E-state index in [2.05, 4.69) is 15.2 Å². The van der Waals surface area contributed by atoms with Gasteiger partial charge in [0.2, 0.25) is 0 Å². The van der Waals surface area contributed by atoms with Gasteiger partial charge in [-0.05, 0) is 6.92 Å². The Morgan fingerprint density at radius 1 is 1.65 bits per heavy atom. The summed E-state index contributed by atoms with van der Waals surface area (Å²) in [5, 5.41) is 19.8. The van der Waals surface area contributed by atoms with Crippen LogP contribution in [0, 0.1) is 6.92 Å². The minimum Gasteiger partial charge on any atom is -0.481 e. The second kappa shape index (κ2) is 5.28. The molecule has 8 heteroatoms. The Morgan fingerprint density at radius 2 is 2.47 bits per heavy atom.